The van der Waals surface area contributed by atoms with Crippen LogP contribution < -0.4 is 21.9 Å². The van der Waals surface area contributed by atoms with Crippen molar-refractivity contribution in [3.05, 3.63) is 39.6 Å². The molecule has 4 N–H and O–H groups in total. The lowest BCUT2D eigenvalue weighted by Crippen LogP contribution is -2.34. The number of aryl methyl sites for hydroxylation is 2. The smallest absolute Gasteiger partial charge is 0.298 e. The van der Waals surface area contributed by atoms with Crippen molar-refractivity contribution in [2.45, 2.75) is 53.6 Å². The van der Waals surface area contributed by atoms with Gasteiger partial charge in [0, 0.05) is 36.6 Å². The Morgan fingerprint density at radius 2 is 1.96 bits per heavy atom. The summed E-state index contributed by atoms with van der Waals surface area (Å²) in [7, 11) is 0. The van der Waals surface area contributed by atoms with Gasteiger partial charge in [0.15, 0.2) is 5.82 Å². The van der Waals surface area contributed by atoms with Gasteiger partial charge in [0.2, 0.25) is 5.91 Å². The fraction of sp³-hybridized carbons (Fsp3) is 0.444. The number of aromatic nitrogens is 3. The third-order valence-corrected chi connectivity index (χ3v) is 3.73. The summed E-state index contributed by atoms with van der Waals surface area (Å²) < 4.78 is 1.49. The third-order valence-electron chi connectivity index (χ3n) is 3.73. The maximum Gasteiger partial charge on any atom is 0.298 e. The number of carbonyl (C=O) groups is 1. The molecule has 0 saturated heterocycles. The first-order valence-electron chi connectivity index (χ1n) is 8.37. The summed E-state index contributed by atoms with van der Waals surface area (Å²) in [5.74, 6) is 0.343. The molecular formula is C18H26N6O2. The number of nitrogens with one attached hydrogen (secondary N) is 2. The van der Waals surface area contributed by atoms with Gasteiger partial charge < -0.3 is 16.4 Å². The van der Waals surface area contributed by atoms with E-state index < -0.39 is 0 Å². The molecule has 2 aromatic rings. The van der Waals surface area contributed by atoms with Gasteiger partial charge in [0.25, 0.3) is 5.56 Å². The minimum Gasteiger partial charge on any atom is -0.382 e. The van der Waals surface area contributed by atoms with Crippen molar-refractivity contribution in [2.75, 3.05) is 11.1 Å². The van der Waals surface area contributed by atoms with Crippen LogP contribution in [0.2, 0.25) is 0 Å². The zero-order valence-corrected chi connectivity index (χ0v) is 16.1. The third kappa shape index (κ3) is 4.38. The quantitative estimate of drug-likeness (QED) is 0.766. The van der Waals surface area contributed by atoms with E-state index in [4.69, 9.17) is 5.73 Å². The topological polar surface area (TPSA) is 115 Å². The van der Waals surface area contributed by atoms with Crippen LogP contribution in [-0.4, -0.2) is 26.0 Å². The molecule has 140 valence electrons. The highest BCUT2D eigenvalue weighted by Crippen LogP contribution is 2.20. The maximum absolute atomic E-state index is 13.0. The predicted molar refractivity (Wildman–Crippen MR) is 102 cm³/mol. The average molecular weight is 358 g/mol. The molecule has 26 heavy (non-hydrogen) atoms. The summed E-state index contributed by atoms with van der Waals surface area (Å²) in [6, 6.07) is 1.78. The molecule has 0 aliphatic carbocycles. The molecule has 0 aliphatic heterocycles. The number of amides is 1. The van der Waals surface area contributed by atoms with Crippen LogP contribution in [0.1, 0.15) is 44.6 Å². The molecule has 0 aliphatic rings. The lowest BCUT2D eigenvalue weighted by atomic mass is 10.1. The first kappa shape index (κ1) is 19.4. The first-order valence-corrected chi connectivity index (χ1v) is 8.37. The van der Waals surface area contributed by atoms with Gasteiger partial charge in [0.05, 0.1) is 5.69 Å². The first-order chi connectivity index (χ1) is 12.0. The summed E-state index contributed by atoms with van der Waals surface area (Å²) in [5.41, 5.74) is 8.08. The summed E-state index contributed by atoms with van der Waals surface area (Å²) in [4.78, 5) is 32.7. The average Bonchev–Trinajstić information content (AvgIpc) is 2.50. The summed E-state index contributed by atoms with van der Waals surface area (Å²) >= 11 is 0. The molecule has 0 radical (unpaired) electrons. The van der Waals surface area contributed by atoms with Crippen LogP contribution in [0.3, 0.4) is 0 Å². The summed E-state index contributed by atoms with van der Waals surface area (Å²) in [6.07, 6.45) is 1.61. The van der Waals surface area contributed by atoms with E-state index in [0.29, 0.717) is 23.6 Å². The second kappa shape index (κ2) is 7.15. The fourth-order valence-corrected chi connectivity index (χ4v) is 2.51. The molecule has 2 heterocycles. The van der Waals surface area contributed by atoms with E-state index >= 15 is 0 Å². The minimum absolute atomic E-state index is 0.142. The van der Waals surface area contributed by atoms with Crippen molar-refractivity contribution in [3.63, 3.8) is 0 Å². The zero-order valence-electron chi connectivity index (χ0n) is 16.1. The highest BCUT2D eigenvalue weighted by atomic mass is 16.1. The van der Waals surface area contributed by atoms with Crippen molar-refractivity contribution >= 4 is 17.5 Å². The number of nitrogen functional groups attached to an aromatic ring is 1. The van der Waals surface area contributed by atoms with Gasteiger partial charge in [-0.1, -0.05) is 0 Å². The predicted octanol–water partition coefficient (Wildman–Crippen LogP) is 1.67. The van der Waals surface area contributed by atoms with Crippen molar-refractivity contribution in [2.24, 2.45) is 0 Å². The van der Waals surface area contributed by atoms with E-state index in [1.165, 1.54) is 11.5 Å². The molecule has 0 bridgehead atoms. The Morgan fingerprint density at radius 3 is 2.54 bits per heavy atom. The number of carbonyl (C=O) groups excluding carboxylic acids is 1. The minimum atomic E-state index is -0.313. The Morgan fingerprint density at radius 1 is 1.31 bits per heavy atom. The van der Waals surface area contributed by atoms with Crippen LogP contribution in [0, 0.1) is 13.8 Å². The van der Waals surface area contributed by atoms with Crippen molar-refractivity contribution in [1.82, 2.24) is 19.9 Å². The highest BCUT2D eigenvalue weighted by molar-refractivity contribution is 5.73. The monoisotopic (exact) mass is 358 g/mol. The highest BCUT2D eigenvalue weighted by Gasteiger charge is 2.18. The van der Waals surface area contributed by atoms with Crippen molar-refractivity contribution in [1.29, 1.82) is 0 Å². The number of pyridine rings is 1. The fourth-order valence-electron chi connectivity index (χ4n) is 2.51. The number of anilines is 2. The van der Waals surface area contributed by atoms with Crippen LogP contribution in [0.25, 0.3) is 5.69 Å². The number of nitrogens with zero attached hydrogens (tertiary/aromatic N) is 3. The lowest BCUT2D eigenvalue weighted by molar-refractivity contribution is -0.119. The zero-order chi connectivity index (χ0) is 19.6. The lowest BCUT2D eigenvalue weighted by Gasteiger charge is -2.22. The van der Waals surface area contributed by atoms with Gasteiger partial charge in [-0.3, -0.25) is 14.2 Å². The molecule has 0 unspecified atom stereocenters. The molecule has 2 aromatic heterocycles. The van der Waals surface area contributed by atoms with Crippen molar-refractivity contribution in [3.8, 4) is 5.69 Å². The van der Waals surface area contributed by atoms with E-state index in [-0.39, 0.29) is 28.6 Å². The molecule has 0 atom stereocenters. The van der Waals surface area contributed by atoms with E-state index in [2.05, 4.69) is 20.6 Å². The van der Waals surface area contributed by atoms with Gasteiger partial charge in [-0.05, 0) is 46.2 Å². The molecule has 2 rings (SSSR count). The Kier molecular flexibility index (Phi) is 5.34. The van der Waals surface area contributed by atoms with Gasteiger partial charge in [-0.2, -0.15) is 0 Å². The number of nitrogens with two attached hydrogens (primary N) is 1. The van der Waals surface area contributed by atoms with Crippen LogP contribution in [0.4, 0.5) is 11.6 Å². The second-order valence-electron chi connectivity index (χ2n) is 7.31. The number of rotatable bonds is 4. The van der Waals surface area contributed by atoms with Crippen LogP contribution >= 0.6 is 0 Å². The van der Waals surface area contributed by atoms with E-state index in [1.54, 1.807) is 19.2 Å². The maximum atomic E-state index is 13.0. The van der Waals surface area contributed by atoms with Crippen molar-refractivity contribution < 1.29 is 4.79 Å². The Hall–Kier alpha value is -2.90. The van der Waals surface area contributed by atoms with Gasteiger partial charge in [-0.15, -0.1) is 0 Å². The molecule has 0 saturated carbocycles. The van der Waals surface area contributed by atoms with Gasteiger partial charge >= 0.3 is 0 Å². The molecule has 0 spiro atoms. The number of hydrogen-bond donors (Lipinski definition) is 3. The molecule has 0 fully saturated rings. The molecule has 0 aromatic carbocycles. The Labute approximate surface area is 152 Å². The van der Waals surface area contributed by atoms with Crippen LogP contribution in [0.5, 0.6) is 0 Å². The molecule has 1 amide bonds. The van der Waals surface area contributed by atoms with E-state index in [0.717, 1.165) is 5.56 Å². The molecule has 8 heteroatoms. The summed E-state index contributed by atoms with van der Waals surface area (Å²) in [6.45, 7) is 11.2. The largest absolute Gasteiger partial charge is 0.382 e. The van der Waals surface area contributed by atoms with Gasteiger partial charge in [0.1, 0.15) is 5.82 Å². The van der Waals surface area contributed by atoms with Crippen LogP contribution in [-0.2, 0) is 11.3 Å². The standard InChI is InChI=1S/C18H26N6O2/c1-10-8-21-16(23-18(4,5)6)17(26)24(10)14-7-13(9-20-12(3)25)11(2)22-15(14)19/h7-8H,9H2,1-6H3,(H2,19,22)(H,20,25)(H,21,23). The van der Waals surface area contributed by atoms with E-state index in [9.17, 15) is 9.59 Å². The normalized spacial score (nSPS) is 11.3. The Balaban J connectivity index is 2.60. The Bertz CT molecular complexity index is 896. The van der Waals surface area contributed by atoms with Gasteiger partial charge in [-0.25, -0.2) is 9.97 Å². The molecular weight excluding hydrogens is 332 g/mol. The molecule has 8 nitrogen and oxygen atoms in total. The van der Waals surface area contributed by atoms with E-state index in [1.807, 2.05) is 27.7 Å². The second-order valence-corrected chi connectivity index (χ2v) is 7.31. The van der Waals surface area contributed by atoms with Crippen LogP contribution in [0.15, 0.2) is 17.1 Å². The number of hydrogen-bond acceptors (Lipinski definition) is 6. The SMILES string of the molecule is CC(=O)NCc1cc(-n2c(C)cnc(NC(C)(C)C)c2=O)c(N)nc1C. The summed E-state index contributed by atoms with van der Waals surface area (Å²) in [5, 5.41) is 5.85.